The molecule has 102 valence electrons. The lowest BCUT2D eigenvalue weighted by atomic mass is 10.3. The van der Waals surface area contributed by atoms with E-state index in [1.165, 1.54) is 0 Å². The van der Waals surface area contributed by atoms with E-state index >= 15 is 0 Å². The van der Waals surface area contributed by atoms with Crippen LogP contribution in [0.2, 0.25) is 0 Å². The number of halogens is 6. The predicted molar refractivity (Wildman–Crippen MR) is 47.4 cm³/mol. The predicted octanol–water partition coefficient (Wildman–Crippen LogP) is 2.50. The van der Waals surface area contributed by atoms with Crippen molar-refractivity contribution in [2.24, 2.45) is 5.92 Å². The molecule has 0 spiro atoms. The number of rotatable bonds is 6. The van der Waals surface area contributed by atoms with Crippen LogP contribution in [0.3, 0.4) is 0 Å². The van der Waals surface area contributed by atoms with E-state index in [4.69, 9.17) is 0 Å². The highest BCUT2D eigenvalue weighted by molar-refractivity contribution is 4.77. The van der Waals surface area contributed by atoms with E-state index in [-0.39, 0.29) is 6.54 Å². The molecular formula is C9H13F6NO. The van der Waals surface area contributed by atoms with E-state index in [0.717, 1.165) is 12.8 Å². The van der Waals surface area contributed by atoms with Crippen LogP contribution in [0.25, 0.3) is 0 Å². The van der Waals surface area contributed by atoms with Crippen LogP contribution in [-0.2, 0) is 4.74 Å². The topological polar surface area (TPSA) is 21.3 Å². The Labute approximate surface area is 94.3 Å². The molecule has 0 aliphatic heterocycles. The van der Waals surface area contributed by atoms with Crippen molar-refractivity contribution in [3.63, 3.8) is 0 Å². The van der Waals surface area contributed by atoms with Crippen LogP contribution in [0.4, 0.5) is 26.3 Å². The highest BCUT2D eigenvalue weighted by Crippen LogP contribution is 2.35. The molecule has 0 aromatic carbocycles. The van der Waals surface area contributed by atoms with Crippen molar-refractivity contribution in [2.75, 3.05) is 19.7 Å². The molecule has 1 saturated carbocycles. The summed E-state index contributed by atoms with van der Waals surface area (Å²) in [5.74, 6) is 0.510. The molecule has 0 radical (unpaired) electrons. The summed E-state index contributed by atoms with van der Waals surface area (Å²) in [5.41, 5.74) is 0. The molecule has 8 heteroatoms. The van der Waals surface area contributed by atoms with Crippen LogP contribution in [0.5, 0.6) is 0 Å². The summed E-state index contributed by atoms with van der Waals surface area (Å²) in [7, 11) is 0. The van der Waals surface area contributed by atoms with Gasteiger partial charge in [0.1, 0.15) is 0 Å². The second kappa shape index (κ2) is 5.43. The van der Waals surface area contributed by atoms with Gasteiger partial charge in [0.2, 0.25) is 6.10 Å². The maximum atomic E-state index is 12.0. The first-order valence-electron chi connectivity index (χ1n) is 5.17. The Morgan fingerprint density at radius 1 is 1.06 bits per heavy atom. The first kappa shape index (κ1) is 14.6. The van der Waals surface area contributed by atoms with Crippen molar-refractivity contribution in [3.05, 3.63) is 0 Å². The zero-order valence-corrected chi connectivity index (χ0v) is 8.87. The average molecular weight is 265 g/mol. The molecule has 1 aliphatic rings. The third-order valence-corrected chi connectivity index (χ3v) is 2.29. The second-order valence-electron chi connectivity index (χ2n) is 3.98. The second-order valence-corrected chi connectivity index (χ2v) is 3.98. The molecule has 0 bridgehead atoms. The Hall–Kier alpha value is -0.500. The SMILES string of the molecule is FC(F)(F)C(OCCNCC1CC1)C(F)(F)F. The molecule has 0 atom stereocenters. The molecular weight excluding hydrogens is 252 g/mol. The van der Waals surface area contributed by atoms with Gasteiger partial charge in [-0.25, -0.2) is 0 Å². The monoisotopic (exact) mass is 265 g/mol. The molecule has 1 fully saturated rings. The number of hydrogen-bond donors (Lipinski definition) is 1. The summed E-state index contributed by atoms with van der Waals surface area (Å²) in [6.07, 6.45) is -12.4. The van der Waals surface area contributed by atoms with Crippen LogP contribution in [0.1, 0.15) is 12.8 Å². The Bertz CT molecular complexity index is 221. The number of nitrogens with one attached hydrogen (secondary N) is 1. The van der Waals surface area contributed by atoms with Crippen LogP contribution in [0.15, 0.2) is 0 Å². The van der Waals surface area contributed by atoms with Gasteiger partial charge in [0.15, 0.2) is 0 Å². The lowest BCUT2D eigenvalue weighted by Crippen LogP contribution is -2.45. The van der Waals surface area contributed by atoms with Gasteiger partial charge in [0, 0.05) is 6.54 Å². The summed E-state index contributed by atoms with van der Waals surface area (Å²) >= 11 is 0. The number of alkyl halides is 6. The maximum absolute atomic E-state index is 12.0. The van der Waals surface area contributed by atoms with Gasteiger partial charge in [-0.3, -0.25) is 0 Å². The number of ether oxygens (including phenoxy) is 1. The molecule has 0 unspecified atom stereocenters. The molecule has 1 N–H and O–H groups in total. The molecule has 1 rings (SSSR count). The van der Waals surface area contributed by atoms with E-state index in [1.807, 2.05) is 0 Å². The lowest BCUT2D eigenvalue weighted by molar-refractivity contribution is -0.321. The molecule has 0 aromatic heterocycles. The standard InChI is InChI=1S/C9H13F6NO/c10-8(11,12)7(9(13,14)15)17-4-3-16-5-6-1-2-6/h6-7,16H,1-5H2. The van der Waals surface area contributed by atoms with Gasteiger partial charge in [-0.15, -0.1) is 0 Å². The molecule has 17 heavy (non-hydrogen) atoms. The summed E-state index contributed by atoms with van der Waals surface area (Å²) < 4.78 is 75.8. The summed E-state index contributed by atoms with van der Waals surface area (Å²) in [6, 6.07) is 0. The van der Waals surface area contributed by atoms with Gasteiger partial charge < -0.3 is 10.1 Å². The fourth-order valence-electron chi connectivity index (χ4n) is 1.25. The molecule has 0 heterocycles. The van der Waals surface area contributed by atoms with Gasteiger partial charge in [-0.05, 0) is 25.3 Å². The Morgan fingerprint density at radius 3 is 2.00 bits per heavy atom. The Morgan fingerprint density at radius 2 is 1.59 bits per heavy atom. The van der Waals surface area contributed by atoms with Crippen LogP contribution in [0, 0.1) is 5.92 Å². The van der Waals surface area contributed by atoms with Gasteiger partial charge >= 0.3 is 12.4 Å². The van der Waals surface area contributed by atoms with E-state index in [9.17, 15) is 26.3 Å². The van der Waals surface area contributed by atoms with Crippen molar-refractivity contribution < 1.29 is 31.1 Å². The van der Waals surface area contributed by atoms with E-state index in [1.54, 1.807) is 0 Å². The third kappa shape index (κ3) is 5.58. The zero-order chi connectivity index (χ0) is 13.1. The number of hydrogen-bond acceptors (Lipinski definition) is 2. The minimum atomic E-state index is -5.42. The summed E-state index contributed by atoms with van der Waals surface area (Å²) in [4.78, 5) is 0. The molecule has 0 aromatic rings. The maximum Gasteiger partial charge on any atom is 0.423 e. The van der Waals surface area contributed by atoms with Crippen LogP contribution < -0.4 is 5.32 Å². The highest BCUT2D eigenvalue weighted by Gasteiger charge is 2.57. The minimum Gasteiger partial charge on any atom is -0.360 e. The molecule has 2 nitrogen and oxygen atoms in total. The van der Waals surface area contributed by atoms with Crippen molar-refractivity contribution in [1.82, 2.24) is 5.32 Å². The average Bonchev–Trinajstić information content (AvgIpc) is 2.89. The third-order valence-electron chi connectivity index (χ3n) is 2.29. The first-order chi connectivity index (χ1) is 7.71. The Balaban J connectivity index is 2.23. The van der Waals surface area contributed by atoms with Gasteiger partial charge in [-0.2, -0.15) is 26.3 Å². The quantitative estimate of drug-likeness (QED) is 0.588. The largest absolute Gasteiger partial charge is 0.423 e. The van der Waals surface area contributed by atoms with Crippen molar-refractivity contribution in [2.45, 2.75) is 31.3 Å². The van der Waals surface area contributed by atoms with E-state index in [0.29, 0.717) is 12.5 Å². The fourth-order valence-corrected chi connectivity index (χ4v) is 1.25. The van der Waals surface area contributed by atoms with Crippen molar-refractivity contribution in [3.8, 4) is 0 Å². The summed E-state index contributed by atoms with van der Waals surface area (Å²) in [5, 5.41) is 2.75. The smallest absolute Gasteiger partial charge is 0.360 e. The van der Waals surface area contributed by atoms with E-state index in [2.05, 4.69) is 10.1 Å². The van der Waals surface area contributed by atoms with Crippen molar-refractivity contribution in [1.29, 1.82) is 0 Å². The highest BCUT2D eigenvalue weighted by atomic mass is 19.4. The van der Waals surface area contributed by atoms with Crippen LogP contribution in [-0.4, -0.2) is 38.2 Å². The normalized spacial score (nSPS) is 17.8. The van der Waals surface area contributed by atoms with Crippen LogP contribution >= 0.6 is 0 Å². The molecule has 0 amide bonds. The van der Waals surface area contributed by atoms with E-state index < -0.39 is 25.1 Å². The fraction of sp³-hybridized carbons (Fsp3) is 1.00. The molecule has 0 saturated heterocycles. The summed E-state index contributed by atoms with van der Waals surface area (Å²) in [6.45, 7) is -0.0123. The van der Waals surface area contributed by atoms with Gasteiger partial charge in [-0.1, -0.05) is 0 Å². The van der Waals surface area contributed by atoms with Gasteiger partial charge in [0.25, 0.3) is 0 Å². The van der Waals surface area contributed by atoms with Crippen molar-refractivity contribution >= 4 is 0 Å². The minimum absolute atomic E-state index is 0.0147. The lowest BCUT2D eigenvalue weighted by Gasteiger charge is -2.23. The molecule has 1 aliphatic carbocycles. The first-order valence-corrected chi connectivity index (χ1v) is 5.17. The Kier molecular flexibility index (Phi) is 4.65. The van der Waals surface area contributed by atoms with Gasteiger partial charge in [0.05, 0.1) is 6.61 Å². The zero-order valence-electron chi connectivity index (χ0n) is 8.87.